The van der Waals surface area contributed by atoms with E-state index in [4.69, 9.17) is 5.26 Å². The summed E-state index contributed by atoms with van der Waals surface area (Å²) in [5.74, 6) is 0. The first kappa shape index (κ1) is 10.7. The first-order valence-corrected chi connectivity index (χ1v) is 5.90. The molecule has 78 valence electrons. The molecule has 0 N–H and O–H groups in total. The van der Waals surface area contributed by atoms with E-state index in [-0.39, 0.29) is 0 Å². The number of rotatable bonds is 2. The van der Waals surface area contributed by atoms with Gasteiger partial charge in [-0.25, -0.2) is 0 Å². The summed E-state index contributed by atoms with van der Waals surface area (Å²) in [4.78, 5) is 1.02. The summed E-state index contributed by atoms with van der Waals surface area (Å²) in [6, 6.07) is 14.3. The van der Waals surface area contributed by atoms with Crippen molar-refractivity contribution in [3.8, 4) is 6.07 Å². The second kappa shape index (κ2) is 4.78. The Bertz CT molecular complexity index is 527. The van der Waals surface area contributed by atoms with E-state index in [0.717, 1.165) is 16.0 Å². The van der Waals surface area contributed by atoms with Crippen LogP contribution in [0.2, 0.25) is 0 Å². The summed E-state index contributed by atoms with van der Waals surface area (Å²) >= 11 is 1.59. The van der Waals surface area contributed by atoms with E-state index in [2.05, 4.69) is 25.1 Å². The van der Waals surface area contributed by atoms with Gasteiger partial charge in [-0.3, -0.25) is 0 Å². The molecule has 0 aliphatic rings. The quantitative estimate of drug-likeness (QED) is 0.705. The molecule has 0 saturated heterocycles. The fourth-order valence-corrected chi connectivity index (χ4v) is 2.11. The third-order valence-corrected chi connectivity index (χ3v) is 3.20. The lowest BCUT2D eigenvalue weighted by atomic mass is 10.1. The second-order valence-corrected chi connectivity index (χ2v) is 4.51. The highest BCUT2D eigenvalue weighted by molar-refractivity contribution is 7.11. The number of hydrogen-bond acceptors (Lipinski definition) is 2. The summed E-state index contributed by atoms with van der Waals surface area (Å²) in [5, 5.41) is 11.1. The van der Waals surface area contributed by atoms with Crippen molar-refractivity contribution < 1.29 is 0 Å². The van der Waals surface area contributed by atoms with E-state index in [1.54, 1.807) is 11.3 Å². The Kier molecular flexibility index (Phi) is 3.19. The van der Waals surface area contributed by atoms with Crippen LogP contribution in [-0.2, 0) is 0 Å². The fraction of sp³-hybridized carbons (Fsp3) is 0.0714. The third kappa shape index (κ3) is 2.39. The Morgan fingerprint density at radius 3 is 2.56 bits per heavy atom. The van der Waals surface area contributed by atoms with Crippen LogP contribution in [-0.4, -0.2) is 0 Å². The van der Waals surface area contributed by atoms with Crippen LogP contribution >= 0.6 is 11.3 Å². The molecule has 1 heterocycles. The average Bonchev–Trinajstić information content (AvgIpc) is 2.82. The lowest BCUT2D eigenvalue weighted by molar-refractivity contribution is 1.46. The number of benzene rings is 1. The Morgan fingerprint density at radius 2 is 2.00 bits per heavy atom. The zero-order valence-electron chi connectivity index (χ0n) is 8.97. The maximum Gasteiger partial charge on any atom is 0.101 e. The molecule has 1 aromatic heterocycles. The molecule has 2 heteroatoms. The zero-order valence-corrected chi connectivity index (χ0v) is 9.79. The van der Waals surface area contributed by atoms with Crippen molar-refractivity contribution in [1.29, 1.82) is 5.26 Å². The van der Waals surface area contributed by atoms with Crippen LogP contribution in [0.5, 0.6) is 0 Å². The van der Waals surface area contributed by atoms with Crippen LogP contribution in [0.25, 0.3) is 11.6 Å². The Balaban J connectivity index is 2.36. The highest BCUT2D eigenvalue weighted by Gasteiger charge is 2.01. The molecule has 0 fully saturated rings. The van der Waals surface area contributed by atoms with Gasteiger partial charge in [0, 0.05) is 4.88 Å². The summed E-state index contributed by atoms with van der Waals surface area (Å²) < 4.78 is 0. The Morgan fingerprint density at radius 1 is 1.25 bits per heavy atom. The number of hydrogen-bond donors (Lipinski definition) is 0. The van der Waals surface area contributed by atoms with Crippen LogP contribution in [0, 0.1) is 18.3 Å². The van der Waals surface area contributed by atoms with Crippen molar-refractivity contribution in [2.45, 2.75) is 6.92 Å². The van der Waals surface area contributed by atoms with Gasteiger partial charge in [0.15, 0.2) is 0 Å². The number of allylic oxidation sites excluding steroid dienone is 1. The molecule has 0 amide bonds. The van der Waals surface area contributed by atoms with E-state index in [1.807, 2.05) is 35.7 Å². The van der Waals surface area contributed by atoms with Crippen molar-refractivity contribution in [2.75, 3.05) is 0 Å². The monoisotopic (exact) mass is 225 g/mol. The molecule has 16 heavy (non-hydrogen) atoms. The van der Waals surface area contributed by atoms with Crippen LogP contribution in [0.15, 0.2) is 41.8 Å². The smallest absolute Gasteiger partial charge is 0.101 e. The summed E-state index contributed by atoms with van der Waals surface area (Å²) in [6.45, 7) is 2.05. The molecule has 2 rings (SSSR count). The number of aryl methyl sites for hydroxylation is 1. The molecular weight excluding hydrogens is 214 g/mol. The van der Waals surface area contributed by atoms with Gasteiger partial charge in [-0.2, -0.15) is 5.26 Å². The number of thiophene rings is 1. The van der Waals surface area contributed by atoms with E-state index >= 15 is 0 Å². The molecule has 0 spiro atoms. The predicted octanol–water partition coefficient (Wildman–Crippen LogP) is 4.12. The molecule has 0 aliphatic heterocycles. The van der Waals surface area contributed by atoms with Crippen molar-refractivity contribution >= 4 is 23.0 Å². The Hall–Kier alpha value is -1.85. The molecular formula is C14H11NS. The fourth-order valence-electron chi connectivity index (χ4n) is 1.42. The molecule has 1 nitrogen and oxygen atoms in total. The van der Waals surface area contributed by atoms with Gasteiger partial charge in [0.1, 0.15) is 6.07 Å². The minimum atomic E-state index is 0.721. The van der Waals surface area contributed by atoms with Crippen LogP contribution in [0.3, 0.4) is 0 Å². The van der Waals surface area contributed by atoms with Gasteiger partial charge in [-0.05, 0) is 30.0 Å². The molecule has 0 radical (unpaired) electrons. The molecule has 0 unspecified atom stereocenters. The van der Waals surface area contributed by atoms with Gasteiger partial charge < -0.3 is 0 Å². The lowest BCUT2D eigenvalue weighted by Gasteiger charge is -1.97. The topological polar surface area (TPSA) is 23.8 Å². The molecule has 0 aliphatic carbocycles. The highest BCUT2D eigenvalue weighted by atomic mass is 32.1. The van der Waals surface area contributed by atoms with Crippen molar-refractivity contribution in [3.63, 3.8) is 0 Å². The summed E-state index contributed by atoms with van der Waals surface area (Å²) in [5.41, 5.74) is 3.01. The van der Waals surface area contributed by atoms with Gasteiger partial charge in [0.05, 0.1) is 5.57 Å². The number of nitriles is 1. The average molecular weight is 225 g/mol. The maximum atomic E-state index is 9.10. The van der Waals surface area contributed by atoms with E-state index in [0.29, 0.717) is 0 Å². The summed E-state index contributed by atoms with van der Waals surface area (Å²) in [7, 11) is 0. The maximum absolute atomic E-state index is 9.10. The van der Waals surface area contributed by atoms with Crippen LogP contribution < -0.4 is 0 Å². The molecule has 1 aromatic carbocycles. The van der Waals surface area contributed by atoms with Gasteiger partial charge in [-0.15, -0.1) is 11.3 Å². The van der Waals surface area contributed by atoms with Gasteiger partial charge in [0.25, 0.3) is 0 Å². The minimum absolute atomic E-state index is 0.721. The normalized spacial score (nSPS) is 11.1. The van der Waals surface area contributed by atoms with Crippen molar-refractivity contribution in [3.05, 3.63) is 57.8 Å². The van der Waals surface area contributed by atoms with Crippen LogP contribution in [0.4, 0.5) is 0 Å². The van der Waals surface area contributed by atoms with Crippen molar-refractivity contribution in [1.82, 2.24) is 0 Å². The standard InChI is InChI=1S/C14H11NS/c1-11-4-6-12(7-5-11)9-13(10-15)14-3-2-8-16-14/h2-9H,1H3/b13-9+. The second-order valence-electron chi connectivity index (χ2n) is 3.56. The third-order valence-electron chi connectivity index (χ3n) is 2.30. The van der Waals surface area contributed by atoms with Gasteiger partial charge in [0.2, 0.25) is 0 Å². The minimum Gasteiger partial charge on any atom is -0.192 e. The highest BCUT2D eigenvalue weighted by Crippen LogP contribution is 2.22. The van der Waals surface area contributed by atoms with E-state index in [1.165, 1.54) is 5.56 Å². The Labute approximate surface area is 99.3 Å². The van der Waals surface area contributed by atoms with Crippen molar-refractivity contribution in [2.24, 2.45) is 0 Å². The predicted molar refractivity (Wildman–Crippen MR) is 69.0 cm³/mol. The van der Waals surface area contributed by atoms with Gasteiger partial charge >= 0.3 is 0 Å². The zero-order chi connectivity index (χ0) is 11.4. The largest absolute Gasteiger partial charge is 0.192 e. The SMILES string of the molecule is Cc1ccc(/C=C(\C#N)c2cccs2)cc1. The molecule has 0 atom stereocenters. The number of nitrogens with zero attached hydrogens (tertiary/aromatic N) is 1. The molecule has 0 saturated carbocycles. The van der Waals surface area contributed by atoms with E-state index in [9.17, 15) is 0 Å². The molecule has 2 aromatic rings. The first-order chi connectivity index (χ1) is 7.79. The van der Waals surface area contributed by atoms with Gasteiger partial charge in [-0.1, -0.05) is 35.9 Å². The van der Waals surface area contributed by atoms with E-state index < -0.39 is 0 Å². The first-order valence-electron chi connectivity index (χ1n) is 5.02. The van der Waals surface area contributed by atoms with Crippen LogP contribution in [0.1, 0.15) is 16.0 Å². The lowest BCUT2D eigenvalue weighted by Crippen LogP contribution is -1.78. The summed E-state index contributed by atoms with van der Waals surface area (Å²) in [6.07, 6.45) is 1.92. The molecule has 0 bridgehead atoms.